The molecule has 0 radical (unpaired) electrons. The van der Waals surface area contributed by atoms with Crippen LogP contribution in [0.2, 0.25) is 0 Å². The van der Waals surface area contributed by atoms with Crippen molar-refractivity contribution in [1.29, 1.82) is 0 Å². The zero-order chi connectivity index (χ0) is 14.2. The van der Waals surface area contributed by atoms with Crippen LogP contribution in [0, 0.1) is 0 Å². The number of Topliss-reactive ketones (excluding diaryl/α,β-unsaturated/α-hetero) is 2. The SMILES string of the molecule is CCC(=O)c1cc(C(C)=O)cc2cc(O)c(O)cc12. The molecule has 2 aromatic rings. The predicted octanol–water partition coefficient (Wildman–Crippen LogP) is 3.05. The van der Waals surface area contributed by atoms with Gasteiger partial charge in [0.05, 0.1) is 0 Å². The van der Waals surface area contributed by atoms with Gasteiger partial charge in [-0.25, -0.2) is 0 Å². The van der Waals surface area contributed by atoms with E-state index in [2.05, 4.69) is 0 Å². The van der Waals surface area contributed by atoms with Gasteiger partial charge in [-0.2, -0.15) is 0 Å². The highest BCUT2D eigenvalue weighted by Gasteiger charge is 2.14. The molecule has 2 aromatic carbocycles. The van der Waals surface area contributed by atoms with Crippen LogP contribution in [0.5, 0.6) is 11.5 Å². The molecule has 0 bridgehead atoms. The number of ketones is 2. The van der Waals surface area contributed by atoms with Crippen molar-refractivity contribution >= 4 is 22.3 Å². The lowest BCUT2D eigenvalue weighted by Gasteiger charge is -2.09. The summed E-state index contributed by atoms with van der Waals surface area (Å²) in [5, 5.41) is 20.1. The Morgan fingerprint density at radius 2 is 1.68 bits per heavy atom. The molecule has 0 aliphatic carbocycles. The van der Waals surface area contributed by atoms with E-state index >= 15 is 0 Å². The van der Waals surface area contributed by atoms with Crippen molar-refractivity contribution in [2.24, 2.45) is 0 Å². The zero-order valence-corrected chi connectivity index (χ0v) is 10.7. The molecule has 2 rings (SSSR count). The van der Waals surface area contributed by atoms with Crippen LogP contribution in [0.1, 0.15) is 41.0 Å². The minimum absolute atomic E-state index is 0.113. The molecule has 19 heavy (non-hydrogen) atoms. The molecule has 2 N–H and O–H groups in total. The van der Waals surface area contributed by atoms with Gasteiger partial charge in [-0.1, -0.05) is 6.92 Å². The van der Waals surface area contributed by atoms with Crippen LogP contribution in [0.3, 0.4) is 0 Å². The molecule has 0 aliphatic rings. The average molecular weight is 258 g/mol. The number of aromatic hydroxyl groups is 2. The Kier molecular flexibility index (Phi) is 3.25. The van der Waals surface area contributed by atoms with Gasteiger partial charge in [-0.3, -0.25) is 9.59 Å². The van der Waals surface area contributed by atoms with Crippen molar-refractivity contribution in [2.75, 3.05) is 0 Å². The van der Waals surface area contributed by atoms with E-state index in [1.807, 2.05) is 0 Å². The Balaban J connectivity index is 2.85. The molecule has 0 amide bonds. The monoisotopic (exact) mass is 258 g/mol. The first-order valence-electron chi connectivity index (χ1n) is 5.98. The standard InChI is InChI=1S/C15H14O4/c1-3-13(17)12-5-9(8(2)16)4-10-6-14(18)15(19)7-11(10)12/h4-7,18-19H,3H2,1-2H3. The van der Waals surface area contributed by atoms with E-state index in [0.717, 1.165) is 0 Å². The molecule has 0 spiro atoms. The van der Waals surface area contributed by atoms with Gasteiger partial charge in [-0.05, 0) is 42.0 Å². The van der Waals surface area contributed by atoms with Gasteiger partial charge >= 0.3 is 0 Å². The molecule has 0 saturated heterocycles. The summed E-state index contributed by atoms with van der Waals surface area (Å²) in [7, 11) is 0. The average Bonchev–Trinajstić information content (AvgIpc) is 2.38. The lowest BCUT2D eigenvalue weighted by atomic mass is 9.95. The minimum Gasteiger partial charge on any atom is -0.504 e. The highest BCUT2D eigenvalue weighted by Crippen LogP contribution is 2.33. The fourth-order valence-corrected chi connectivity index (χ4v) is 2.01. The van der Waals surface area contributed by atoms with Crippen LogP contribution < -0.4 is 0 Å². The molecule has 0 atom stereocenters. The number of carbonyl (C=O) groups excluding carboxylic acids is 2. The number of phenolic OH excluding ortho intramolecular Hbond substituents is 2. The molecular weight excluding hydrogens is 244 g/mol. The van der Waals surface area contributed by atoms with Crippen LogP contribution in [0.4, 0.5) is 0 Å². The molecule has 0 aromatic heterocycles. The first-order valence-corrected chi connectivity index (χ1v) is 5.98. The van der Waals surface area contributed by atoms with E-state index < -0.39 is 0 Å². The first kappa shape index (κ1) is 13.1. The Morgan fingerprint density at radius 1 is 1.05 bits per heavy atom. The highest BCUT2D eigenvalue weighted by atomic mass is 16.3. The second-order valence-corrected chi connectivity index (χ2v) is 4.42. The molecular formula is C15H14O4. The fraction of sp³-hybridized carbons (Fsp3) is 0.200. The second kappa shape index (κ2) is 4.72. The Morgan fingerprint density at radius 3 is 2.26 bits per heavy atom. The van der Waals surface area contributed by atoms with Crippen molar-refractivity contribution in [2.45, 2.75) is 20.3 Å². The topological polar surface area (TPSA) is 74.6 Å². The van der Waals surface area contributed by atoms with Gasteiger partial charge in [0.25, 0.3) is 0 Å². The molecule has 0 fully saturated rings. The van der Waals surface area contributed by atoms with Gasteiger partial charge in [0.15, 0.2) is 23.1 Å². The first-order chi connectivity index (χ1) is 8.93. The van der Waals surface area contributed by atoms with Crippen molar-refractivity contribution in [3.05, 3.63) is 35.4 Å². The maximum absolute atomic E-state index is 11.9. The van der Waals surface area contributed by atoms with Crippen molar-refractivity contribution in [3.8, 4) is 11.5 Å². The van der Waals surface area contributed by atoms with Gasteiger partial charge in [-0.15, -0.1) is 0 Å². The van der Waals surface area contributed by atoms with E-state index in [0.29, 0.717) is 28.3 Å². The molecule has 0 aliphatic heterocycles. The van der Waals surface area contributed by atoms with Crippen molar-refractivity contribution < 1.29 is 19.8 Å². The third-order valence-corrected chi connectivity index (χ3v) is 3.08. The number of rotatable bonds is 3. The zero-order valence-electron chi connectivity index (χ0n) is 10.7. The molecule has 0 unspecified atom stereocenters. The summed E-state index contributed by atoms with van der Waals surface area (Å²) in [6.07, 6.45) is 0.304. The van der Waals surface area contributed by atoms with Crippen LogP contribution in [-0.4, -0.2) is 21.8 Å². The molecule has 0 saturated carbocycles. The molecule has 4 nitrogen and oxygen atoms in total. The Bertz CT molecular complexity index is 686. The number of phenols is 2. The summed E-state index contributed by atoms with van der Waals surface area (Å²) in [4.78, 5) is 23.4. The summed E-state index contributed by atoms with van der Waals surface area (Å²) in [6, 6.07) is 5.83. The number of carbonyl (C=O) groups is 2. The number of hydrogen-bond acceptors (Lipinski definition) is 4. The molecule has 98 valence electrons. The normalized spacial score (nSPS) is 10.6. The van der Waals surface area contributed by atoms with Gasteiger partial charge in [0.1, 0.15) is 0 Å². The van der Waals surface area contributed by atoms with E-state index in [-0.39, 0.29) is 23.1 Å². The van der Waals surface area contributed by atoms with Gasteiger partial charge < -0.3 is 10.2 Å². The smallest absolute Gasteiger partial charge is 0.163 e. The van der Waals surface area contributed by atoms with Crippen LogP contribution in [0.25, 0.3) is 10.8 Å². The van der Waals surface area contributed by atoms with Crippen LogP contribution in [-0.2, 0) is 0 Å². The number of benzene rings is 2. The summed E-state index contributed by atoms with van der Waals surface area (Å²) >= 11 is 0. The summed E-state index contributed by atoms with van der Waals surface area (Å²) in [5.74, 6) is -0.825. The third kappa shape index (κ3) is 2.29. The van der Waals surface area contributed by atoms with Crippen LogP contribution >= 0.6 is 0 Å². The van der Waals surface area contributed by atoms with Gasteiger partial charge in [0.2, 0.25) is 0 Å². The van der Waals surface area contributed by atoms with E-state index in [9.17, 15) is 19.8 Å². The van der Waals surface area contributed by atoms with Crippen molar-refractivity contribution in [1.82, 2.24) is 0 Å². The van der Waals surface area contributed by atoms with E-state index in [1.165, 1.54) is 25.1 Å². The fourth-order valence-electron chi connectivity index (χ4n) is 2.01. The number of hydrogen-bond donors (Lipinski definition) is 2. The second-order valence-electron chi connectivity index (χ2n) is 4.42. The van der Waals surface area contributed by atoms with Gasteiger partial charge in [0, 0.05) is 17.5 Å². The summed E-state index contributed by atoms with van der Waals surface area (Å²) in [6.45, 7) is 3.15. The lowest BCUT2D eigenvalue weighted by Crippen LogP contribution is -2.02. The van der Waals surface area contributed by atoms with E-state index in [1.54, 1.807) is 13.0 Å². The van der Waals surface area contributed by atoms with Crippen LogP contribution in [0.15, 0.2) is 24.3 Å². The van der Waals surface area contributed by atoms with E-state index in [4.69, 9.17) is 0 Å². The summed E-state index contributed by atoms with van der Waals surface area (Å²) < 4.78 is 0. The van der Waals surface area contributed by atoms with Crippen molar-refractivity contribution in [3.63, 3.8) is 0 Å². The maximum Gasteiger partial charge on any atom is 0.163 e. The number of fused-ring (bicyclic) bond motifs is 1. The lowest BCUT2D eigenvalue weighted by molar-refractivity contribution is 0.0989. The largest absolute Gasteiger partial charge is 0.504 e. The molecule has 4 heteroatoms. The Labute approximate surface area is 110 Å². The summed E-state index contributed by atoms with van der Waals surface area (Å²) in [5.41, 5.74) is 0.801. The Hall–Kier alpha value is -2.36. The quantitative estimate of drug-likeness (QED) is 0.655. The maximum atomic E-state index is 11.9. The minimum atomic E-state index is -0.284. The predicted molar refractivity (Wildman–Crippen MR) is 71.9 cm³/mol. The molecule has 0 heterocycles. The highest BCUT2D eigenvalue weighted by molar-refractivity contribution is 6.11. The third-order valence-electron chi connectivity index (χ3n) is 3.08.